The molecule has 1 heterocycles. The van der Waals surface area contributed by atoms with E-state index >= 15 is 0 Å². The molecule has 0 aromatic carbocycles. The zero-order chi connectivity index (χ0) is 14.1. The van der Waals surface area contributed by atoms with Gasteiger partial charge in [-0.25, -0.2) is 4.98 Å². The second kappa shape index (κ2) is 8.93. The molecule has 19 heavy (non-hydrogen) atoms. The molecular weight excluding hydrogens is 264 g/mol. The van der Waals surface area contributed by atoms with Crippen molar-refractivity contribution in [3.63, 3.8) is 0 Å². The Hall–Kier alpha value is -1.07. The number of rotatable bonds is 9. The minimum atomic E-state index is 0.446. The molecule has 0 atom stereocenters. The van der Waals surface area contributed by atoms with Crippen molar-refractivity contribution in [2.24, 2.45) is 0 Å². The van der Waals surface area contributed by atoms with Crippen LogP contribution in [0, 0.1) is 0 Å². The summed E-state index contributed by atoms with van der Waals surface area (Å²) in [5, 5.41) is 3.56. The fourth-order valence-corrected chi connectivity index (χ4v) is 1.73. The molecule has 0 radical (unpaired) electrons. The van der Waals surface area contributed by atoms with Crippen LogP contribution in [0.25, 0.3) is 0 Å². The van der Waals surface area contributed by atoms with Crippen molar-refractivity contribution in [1.82, 2.24) is 14.9 Å². The second-order valence-corrected chi connectivity index (χ2v) is 4.56. The summed E-state index contributed by atoms with van der Waals surface area (Å²) in [4.78, 5) is 10.7. The van der Waals surface area contributed by atoms with Crippen LogP contribution < -0.4 is 10.1 Å². The molecule has 0 saturated heterocycles. The number of hydrogen-bond donors (Lipinski definition) is 1. The summed E-state index contributed by atoms with van der Waals surface area (Å²) in [6, 6.07) is 0. The van der Waals surface area contributed by atoms with Crippen LogP contribution in [0.1, 0.15) is 27.2 Å². The molecule has 0 unspecified atom stereocenters. The molecule has 0 aliphatic heterocycles. The van der Waals surface area contributed by atoms with Crippen molar-refractivity contribution in [3.8, 4) is 5.88 Å². The predicted octanol–water partition coefficient (Wildman–Crippen LogP) is 2.67. The maximum atomic E-state index is 6.02. The molecule has 0 fully saturated rings. The number of halogens is 1. The summed E-state index contributed by atoms with van der Waals surface area (Å²) in [5.41, 5.74) is 0. The Morgan fingerprint density at radius 3 is 2.68 bits per heavy atom. The summed E-state index contributed by atoms with van der Waals surface area (Å²) in [7, 11) is 0. The summed E-state index contributed by atoms with van der Waals surface area (Å²) < 4.78 is 5.63. The Balaban J connectivity index is 2.51. The maximum absolute atomic E-state index is 6.02. The third-order valence-corrected chi connectivity index (χ3v) is 3.05. The third-order valence-electron chi connectivity index (χ3n) is 2.79. The van der Waals surface area contributed by atoms with Crippen molar-refractivity contribution in [2.75, 3.05) is 38.1 Å². The van der Waals surface area contributed by atoms with Gasteiger partial charge in [-0.1, -0.05) is 32.4 Å². The lowest BCUT2D eigenvalue weighted by Crippen LogP contribution is -2.28. The SMILES string of the molecule is CCCNc1ncc(Cl)c(OCCN(CC)CC)n1. The quantitative estimate of drug-likeness (QED) is 0.756. The zero-order valence-electron chi connectivity index (χ0n) is 11.9. The van der Waals surface area contributed by atoms with Gasteiger partial charge in [0, 0.05) is 13.1 Å². The van der Waals surface area contributed by atoms with Crippen molar-refractivity contribution in [3.05, 3.63) is 11.2 Å². The van der Waals surface area contributed by atoms with E-state index < -0.39 is 0 Å². The first-order valence-electron chi connectivity index (χ1n) is 6.82. The topological polar surface area (TPSA) is 50.3 Å². The lowest BCUT2D eigenvalue weighted by molar-refractivity contribution is 0.218. The van der Waals surface area contributed by atoms with Gasteiger partial charge in [-0.15, -0.1) is 0 Å². The van der Waals surface area contributed by atoms with Crippen LogP contribution in [0.2, 0.25) is 5.02 Å². The van der Waals surface area contributed by atoms with E-state index in [1.807, 2.05) is 0 Å². The molecule has 0 aliphatic rings. The average molecular weight is 287 g/mol. The van der Waals surface area contributed by atoms with E-state index in [1.165, 1.54) is 0 Å². The van der Waals surface area contributed by atoms with Gasteiger partial charge in [0.05, 0.1) is 6.20 Å². The highest BCUT2D eigenvalue weighted by atomic mass is 35.5. The molecule has 0 spiro atoms. The number of anilines is 1. The Bertz CT molecular complexity index is 372. The van der Waals surface area contributed by atoms with Crippen molar-refractivity contribution < 1.29 is 4.74 Å². The molecule has 1 N–H and O–H groups in total. The molecular formula is C13H23ClN4O. The number of aromatic nitrogens is 2. The van der Waals surface area contributed by atoms with Gasteiger partial charge in [-0.05, 0) is 19.5 Å². The number of ether oxygens (including phenoxy) is 1. The third kappa shape index (κ3) is 5.61. The molecule has 6 heteroatoms. The molecule has 1 rings (SSSR count). The van der Waals surface area contributed by atoms with Crippen molar-refractivity contribution in [2.45, 2.75) is 27.2 Å². The van der Waals surface area contributed by atoms with Crippen LogP contribution in [-0.4, -0.2) is 47.7 Å². The van der Waals surface area contributed by atoms with Crippen LogP contribution in [-0.2, 0) is 0 Å². The van der Waals surface area contributed by atoms with Gasteiger partial charge in [0.25, 0.3) is 0 Å². The highest BCUT2D eigenvalue weighted by molar-refractivity contribution is 6.31. The van der Waals surface area contributed by atoms with Gasteiger partial charge in [-0.2, -0.15) is 4.98 Å². The molecule has 0 amide bonds. The molecule has 1 aromatic rings. The number of likely N-dealkylation sites (N-methyl/N-ethyl adjacent to an activating group) is 1. The molecule has 0 aliphatic carbocycles. The zero-order valence-corrected chi connectivity index (χ0v) is 12.7. The summed E-state index contributed by atoms with van der Waals surface area (Å²) in [6.45, 7) is 10.7. The van der Waals surface area contributed by atoms with Crippen LogP contribution in [0.4, 0.5) is 5.95 Å². The first-order valence-corrected chi connectivity index (χ1v) is 7.20. The van der Waals surface area contributed by atoms with Gasteiger partial charge < -0.3 is 15.0 Å². The van der Waals surface area contributed by atoms with Crippen molar-refractivity contribution in [1.29, 1.82) is 0 Å². The first-order chi connectivity index (χ1) is 9.21. The highest BCUT2D eigenvalue weighted by Gasteiger charge is 2.07. The average Bonchev–Trinajstić information content (AvgIpc) is 2.44. The standard InChI is InChI=1S/C13H23ClN4O/c1-4-7-15-13-16-10-11(14)12(17-13)19-9-8-18(5-2)6-3/h10H,4-9H2,1-3H3,(H,15,16,17). The highest BCUT2D eigenvalue weighted by Crippen LogP contribution is 2.21. The molecule has 108 valence electrons. The Morgan fingerprint density at radius 2 is 2.05 bits per heavy atom. The van der Waals surface area contributed by atoms with Crippen LogP contribution >= 0.6 is 11.6 Å². The molecule has 1 aromatic heterocycles. The number of hydrogen-bond acceptors (Lipinski definition) is 5. The summed E-state index contributed by atoms with van der Waals surface area (Å²) >= 11 is 6.02. The van der Waals surface area contributed by atoms with Gasteiger partial charge in [0.15, 0.2) is 0 Å². The minimum absolute atomic E-state index is 0.446. The molecule has 5 nitrogen and oxygen atoms in total. The van der Waals surface area contributed by atoms with Gasteiger partial charge >= 0.3 is 0 Å². The fourth-order valence-electron chi connectivity index (χ4n) is 1.59. The van der Waals surface area contributed by atoms with E-state index in [2.05, 4.69) is 41.0 Å². The van der Waals surface area contributed by atoms with E-state index in [9.17, 15) is 0 Å². The maximum Gasteiger partial charge on any atom is 0.237 e. The van der Waals surface area contributed by atoms with Gasteiger partial charge in [0.1, 0.15) is 11.6 Å². The monoisotopic (exact) mass is 286 g/mol. The van der Waals surface area contributed by atoms with Crippen LogP contribution in [0.5, 0.6) is 5.88 Å². The van der Waals surface area contributed by atoms with Crippen LogP contribution in [0.15, 0.2) is 6.20 Å². The molecule has 0 bridgehead atoms. The smallest absolute Gasteiger partial charge is 0.237 e. The summed E-state index contributed by atoms with van der Waals surface area (Å²) in [5.74, 6) is 1.01. The Labute approximate surface area is 120 Å². The minimum Gasteiger partial charge on any atom is -0.475 e. The van der Waals surface area contributed by atoms with Crippen LogP contribution in [0.3, 0.4) is 0 Å². The van der Waals surface area contributed by atoms with E-state index in [-0.39, 0.29) is 0 Å². The van der Waals surface area contributed by atoms with Gasteiger partial charge in [-0.3, -0.25) is 0 Å². The Kier molecular flexibility index (Phi) is 7.52. The van der Waals surface area contributed by atoms with Crippen molar-refractivity contribution >= 4 is 17.5 Å². The Morgan fingerprint density at radius 1 is 1.32 bits per heavy atom. The van der Waals surface area contributed by atoms with E-state index in [1.54, 1.807) is 6.20 Å². The second-order valence-electron chi connectivity index (χ2n) is 4.15. The van der Waals surface area contributed by atoms with Gasteiger partial charge in [0.2, 0.25) is 11.8 Å². The number of nitrogens with one attached hydrogen (secondary N) is 1. The van der Waals surface area contributed by atoms with E-state index in [0.717, 1.165) is 32.6 Å². The first kappa shape index (κ1) is 16.0. The van der Waals surface area contributed by atoms with E-state index in [0.29, 0.717) is 23.5 Å². The van der Waals surface area contributed by atoms with E-state index in [4.69, 9.17) is 16.3 Å². The predicted molar refractivity (Wildman–Crippen MR) is 79.1 cm³/mol. The lowest BCUT2D eigenvalue weighted by atomic mass is 10.5. The fraction of sp³-hybridized carbons (Fsp3) is 0.692. The normalized spacial score (nSPS) is 10.8. The molecule has 0 saturated carbocycles. The number of nitrogens with zero attached hydrogens (tertiary/aromatic N) is 3. The lowest BCUT2D eigenvalue weighted by Gasteiger charge is -2.18. The summed E-state index contributed by atoms with van der Waals surface area (Å²) in [6.07, 6.45) is 2.59. The largest absolute Gasteiger partial charge is 0.475 e.